The number of alkyl halides is 9. The lowest BCUT2D eigenvalue weighted by Crippen LogP contribution is -2.61. The Morgan fingerprint density at radius 3 is 1.98 bits per heavy atom. The lowest BCUT2D eigenvalue weighted by molar-refractivity contribution is -0.432. The minimum atomic E-state index is -7.11. The van der Waals surface area contributed by atoms with Gasteiger partial charge in [-0.15, -0.1) is 4.33 Å². The maximum absolute atomic E-state index is 13.6. The molecule has 1 aromatic rings. The number of carbonyl (C=O) groups is 2. The van der Waals surface area contributed by atoms with E-state index in [1.165, 1.54) is 25.7 Å². The number of ether oxygens (including phenoxy) is 2. The maximum atomic E-state index is 13.6. The third-order valence-electron chi connectivity index (χ3n) is 6.51. The number of unbranched alkanes of at least 4 members (excludes halogenated alkanes) is 6. The molecule has 2 N–H and O–H groups in total. The van der Waals surface area contributed by atoms with E-state index in [0.29, 0.717) is 5.56 Å². The van der Waals surface area contributed by atoms with Crippen LogP contribution >= 0.6 is 12.0 Å². The van der Waals surface area contributed by atoms with Crippen molar-refractivity contribution in [3.05, 3.63) is 35.4 Å². The number of rotatable bonds is 22. The van der Waals surface area contributed by atoms with Gasteiger partial charge < -0.3 is 14.6 Å². The molecule has 0 aromatic heterocycles. The van der Waals surface area contributed by atoms with E-state index in [1.54, 1.807) is 24.3 Å². The Labute approximate surface area is 257 Å². The summed E-state index contributed by atoms with van der Waals surface area (Å²) in [5.41, 5.74) is 1.43. The highest BCUT2D eigenvalue weighted by atomic mass is 32.2. The van der Waals surface area contributed by atoms with Gasteiger partial charge in [-0.05, 0) is 24.0 Å². The number of hydrogen-bond donors (Lipinski definition) is 2. The van der Waals surface area contributed by atoms with Gasteiger partial charge in [0.2, 0.25) is 0 Å². The number of aryl methyl sites for hydroxylation is 1. The van der Waals surface area contributed by atoms with Crippen LogP contribution in [0.3, 0.4) is 0 Å². The molecule has 0 bridgehead atoms. The van der Waals surface area contributed by atoms with Gasteiger partial charge >= 0.3 is 35.9 Å². The molecule has 2 atom stereocenters. The molecular weight excluding hydrogens is 655 g/mol. The molecule has 260 valence electrons. The van der Waals surface area contributed by atoms with Gasteiger partial charge in [0, 0.05) is 0 Å². The highest BCUT2D eigenvalue weighted by molar-refractivity contribution is 7.95. The van der Waals surface area contributed by atoms with E-state index in [2.05, 4.69) is 21.0 Å². The summed E-state index contributed by atoms with van der Waals surface area (Å²) in [5, 5.41) is 20.0. The molecule has 0 spiro atoms. The second-order valence-electron chi connectivity index (χ2n) is 10.0. The molecule has 0 saturated carbocycles. The molecule has 0 fully saturated rings. The van der Waals surface area contributed by atoms with Crippen molar-refractivity contribution in [2.45, 2.75) is 106 Å². The molecule has 0 aliphatic carbocycles. The van der Waals surface area contributed by atoms with E-state index in [1.807, 2.05) is 0 Å². The van der Waals surface area contributed by atoms with Gasteiger partial charge in [-0.3, -0.25) is 9.59 Å². The Kier molecular flexibility index (Phi) is 17.0. The second-order valence-corrected chi connectivity index (χ2v) is 10.9. The topological polar surface area (TPSA) is 112 Å². The Morgan fingerprint density at radius 1 is 0.844 bits per heavy atom. The first-order chi connectivity index (χ1) is 20.9. The predicted molar refractivity (Wildman–Crippen MR) is 141 cm³/mol. The van der Waals surface area contributed by atoms with Gasteiger partial charge in [0.1, 0.15) is 18.0 Å². The van der Waals surface area contributed by atoms with E-state index in [0.717, 1.165) is 31.2 Å². The third kappa shape index (κ3) is 12.8. The number of benzene rings is 1. The number of aliphatic hydroxyl groups excluding tert-OH is 1. The van der Waals surface area contributed by atoms with Crippen molar-refractivity contribution >= 4 is 24.0 Å². The smallest absolute Gasteiger partial charge is 0.460 e. The fourth-order valence-corrected chi connectivity index (χ4v) is 4.31. The summed E-state index contributed by atoms with van der Waals surface area (Å²) in [6, 6.07) is 6.86. The Bertz CT molecular complexity index is 1030. The summed E-state index contributed by atoms with van der Waals surface area (Å²) >= 11 is -0.141. The molecule has 0 radical (unpaired) electrons. The van der Waals surface area contributed by atoms with E-state index in [4.69, 9.17) is 9.99 Å². The first-order valence-electron chi connectivity index (χ1n) is 13.8. The van der Waals surface area contributed by atoms with Crippen LogP contribution in [0, 0.1) is 0 Å². The van der Waals surface area contributed by atoms with Crippen molar-refractivity contribution in [1.29, 1.82) is 0 Å². The van der Waals surface area contributed by atoms with Crippen LogP contribution in [0.4, 0.5) is 39.5 Å². The predicted octanol–water partition coefficient (Wildman–Crippen LogP) is 7.79. The molecule has 18 heteroatoms. The quantitative estimate of drug-likeness (QED) is 0.0315. The van der Waals surface area contributed by atoms with Crippen LogP contribution < -0.4 is 0 Å². The Morgan fingerprint density at radius 2 is 1.42 bits per heavy atom. The van der Waals surface area contributed by atoms with Gasteiger partial charge in [-0.1, -0.05) is 74.8 Å². The van der Waals surface area contributed by atoms with Gasteiger partial charge in [0.05, 0.1) is 31.5 Å². The molecular formula is C27H35F9O8S. The Hall–Kier alpha value is -2.28. The first-order valence-corrected chi connectivity index (χ1v) is 14.6. The van der Waals surface area contributed by atoms with Crippen LogP contribution in [-0.4, -0.2) is 64.7 Å². The van der Waals surface area contributed by atoms with Crippen molar-refractivity contribution in [3.8, 4) is 0 Å². The van der Waals surface area contributed by atoms with E-state index >= 15 is 0 Å². The van der Waals surface area contributed by atoms with Crippen molar-refractivity contribution in [3.63, 3.8) is 0 Å². The number of halogens is 9. The number of hydrogen-bond acceptors (Lipinski definition) is 9. The van der Waals surface area contributed by atoms with Crippen LogP contribution in [-0.2, 0) is 34.9 Å². The van der Waals surface area contributed by atoms with Gasteiger partial charge in [0.15, 0.2) is 0 Å². The SMILES string of the molecule is CCCCCCCCCc1ccc(C(O)COC(=O)CC(SOOO)C(=O)OCCC(F)(F)C(F)(F)C(F)(F)C(F)(F)F)cc1. The molecule has 8 nitrogen and oxygen atoms in total. The number of aliphatic hydroxyl groups is 1. The lowest BCUT2D eigenvalue weighted by atomic mass is 10.0. The zero-order valence-electron chi connectivity index (χ0n) is 24.1. The maximum Gasteiger partial charge on any atom is 0.460 e. The average Bonchev–Trinajstić information content (AvgIpc) is 2.96. The molecule has 0 heterocycles. The largest absolute Gasteiger partial charge is 0.465 e. The fourth-order valence-electron chi connectivity index (χ4n) is 3.83. The zero-order chi connectivity index (χ0) is 34.3. The molecule has 45 heavy (non-hydrogen) atoms. The number of carbonyl (C=O) groups excluding carboxylic acids is 2. The molecule has 0 saturated heterocycles. The summed E-state index contributed by atoms with van der Waals surface area (Å²) in [6.45, 7) is -0.236. The third-order valence-corrected chi connectivity index (χ3v) is 7.24. The van der Waals surface area contributed by atoms with Crippen molar-refractivity contribution in [1.82, 2.24) is 0 Å². The van der Waals surface area contributed by atoms with Gasteiger partial charge in [0.25, 0.3) is 0 Å². The van der Waals surface area contributed by atoms with Crippen molar-refractivity contribution in [2.75, 3.05) is 13.2 Å². The monoisotopic (exact) mass is 690 g/mol. The van der Waals surface area contributed by atoms with Gasteiger partial charge in [-0.2, -0.15) is 39.5 Å². The van der Waals surface area contributed by atoms with Crippen molar-refractivity contribution in [2.24, 2.45) is 0 Å². The highest BCUT2D eigenvalue weighted by Gasteiger charge is 2.81. The van der Waals surface area contributed by atoms with Crippen LogP contribution in [0.2, 0.25) is 0 Å². The molecule has 0 amide bonds. The lowest BCUT2D eigenvalue weighted by Gasteiger charge is -2.33. The molecule has 1 rings (SSSR count). The van der Waals surface area contributed by atoms with E-state index < -0.39 is 73.3 Å². The van der Waals surface area contributed by atoms with Crippen molar-refractivity contribution < 1.29 is 78.3 Å². The van der Waals surface area contributed by atoms with Crippen LogP contribution in [0.5, 0.6) is 0 Å². The van der Waals surface area contributed by atoms with Gasteiger partial charge in [-0.25, -0.2) is 5.26 Å². The standard InChI is InChI=1S/C27H35F9O8S/c1-2-3-4-5-6-7-8-9-18-10-12-19(13-11-18)20(37)17-42-22(38)16-21(45-44-43-40)23(39)41-15-14-24(28,29)25(30,31)26(32,33)27(34,35)36/h10-13,20-21,37,40H,2-9,14-17H2,1H3. The number of esters is 2. The summed E-state index contributed by atoms with van der Waals surface area (Å²) in [6.07, 6.45) is -2.85. The highest BCUT2D eigenvalue weighted by Crippen LogP contribution is 2.54. The van der Waals surface area contributed by atoms with E-state index in [9.17, 15) is 54.2 Å². The summed E-state index contributed by atoms with van der Waals surface area (Å²) < 4.78 is 130. The van der Waals surface area contributed by atoms with Crippen LogP contribution in [0.15, 0.2) is 24.3 Å². The molecule has 2 unspecified atom stereocenters. The van der Waals surface area contributed by atoms with Crippen LogP contribution in [0.25, 0.3) is 0 Å². The zero-order valence-corrected chi connectivity index (χ0v) is 24.9. The second kappa shape index (κ2) is 18.8. The minimum Gasteiger partial charge on any atom is -0.465 e. The Balaban J connectivity index is 2.61. The minimum absolute atomic E-state index is 0.141. The van der Waals surface area contributed by atoms with Crippen LogP contribution in [0.1, 0.15) is 81.9 Å². The van der Waals surface area contributed by atoms with E-state index in [-0.39, 0.29) is 12.0 Å². The average molecular weight is 691 g/mol. The molecule has 1 aromatic carbocycles. The summed E-state index contributed by atoms with van der Waals surface area (Å²) in [4.78, 5) is 24.3. The summed E-state index contributed by atoms with van der Waals surface area (Å²) in [7, 11) is 0. The summed E-state index contributed by atoms with van der Waals surface area (Å²) in [5.74, 6) is -22.9. The fraction of sp³-hybridized carbons (Fsp3) is 0.704. The normalized spacial score (nSPS) is 14.2. The first kappa shape index (κ1) is 40.7. The molecule has 0 aliphatic heterocycles. The molecule has 0 aliphatic rings.